The number of piperazine rings is 1. The second-order valence-corrected chi connectivity index (χ2v) is 12.9. The summed E-state index contributed by atoms with van der Waals surface area (Å²) in [6, 6.07) is 4.07. The number of likely N-dealkylation sites (tertiary alicyclic amines) is 1. The molecule has 1 aliphatic carbocycles. The van der Waals surface area contributed by atoms with Crippen molar-refractivity contribution >= 4 is 29.0 Å². The van der Waals surface area contributed by atoms with Crippen LogP contribution in [-0.2, 0) is 23.9 Å². The van der Waals surface area contributed by atoms with Crippen LogP contribution in [0.3, 0.4) is 0 Å². The lowest BCUT2D eigenvalue weighted by molar-refractivity contribution is -0.137. The summed E-state index contributed by atoms with van der Waals surface area (Å²) in [6.45, 7) is 16.6. The Labute approximate surface area is 266 Å². The van der Waals surface area contributed by atoms with Crippen LogP contribution in [0.15, 0.2) is 30.9 Å². The smallest absolute Gasteiger partial charge is 0.419 e. The monoisotopic (exact) mass is 643 g/mol. The molecule has 0 radical (unpaired) electrons. The zero-order valence-electron chi connectivity index (χ0n) is 25.2. The van der Waals surface area contributed by atoms with Gasteiger partial charge in [0, 0.05) is 43.7 Å². The molecule has 1 aromatic carbocycles. The van der Waals surface area contributed by atoms with Crippen LogP contribution >= 0.6 is 11.6 Å². The van der Waals surface area contributed by atoms with Gasteiger partial charge < -0.3 is 29.2 Å². The van der Waals surface area contributed by atoms with Crippen LogP contribution in [0.25, 0.3) is 4.85 Å². The third-order valence-electron chi connectivity index (χ3n) is 9.40. The number of ether oxygens (including phenoxy) is 1. The van der Waals surface area contributed by atoms with E-state index in [1.165, 1.54) is 37.1 Å². The molecule has 1 saturated carbocycles. The number of amides is 1. The fourth-order valence-corrected chi connectivity index (χ4v) is 7.13. The predicted molar refractivity (Wildman–Crippen MR) is 165 cm³/mol. The van der Waals surface area contributed by atoms with Crippen molar-refractivity contribution in [2.24, 2.45) is 5.41 Å². The molecule has 9 nitrogen and oxygen atoms in total. The molecule has 45 heavy (non-hydrogen) atoms. The number of alkyl halides is 3. The number of hydrogen-bond donors (Lipinski definition) is 0. The van der Waals surface area contributed by atoms with E-state index in [0.29, 0.717) is 50.7 Å². The minimum Gasteiger partial charge on any atom is -0.463 e. The molecule has 1 amide bonds. The Morgan fingerprint density at radius 1 is 1.16 bits per heavy atom. The van der Waals surface area contributed by atoms with E-state index in [1.54, 1.807) is 9.80 Å². The van der Waals surface area contributed by atoms with E-state index in [2.05, 4.69) is 21.2 Å². The van der Waals surface area contributed by atoms with Crippen molar-refractivity contribution in [3.8, 4) is 6.01 Å². The summed E-state index contributed by atoms with van der Waals surface area (Å²) < 4.78 is 48.6. The van der Waals surface area contributed by atoms with Gasteiger partial charge in [-0.05, 0) is 63.4 Å². The van der Waals surface area contributed by atoms with Gasteiger partial charge in [0.25, 0.3) is 0 Å². The molecule has 2 aromatic rings. The molecule has 0 bridgehead atoms. The summed E-state index contributed by atoms with van der Waals surface area (Å²) in [4.78, 5) is 33.6. The highest BCUT2D eigenvalue weighted by molar-refractivity contribution is 6.31. The van der Waals surface area contributed by atoms with Crippen molar-refractivity contribution in [1.29, 1.82) is 0 Å². The van der Waals surface area contributed by atoms with Gasteiger partial charge >= 0.3 is 12.2 Å². The lowest BCUT2D eigenvalue weighted by Crippen LogP contribution is -2.56. The Balaban J connectivity index is 1.31. The number of carbonyl (C=O) groups excluding carboxylic acids is 1. The summed E-state index contributed by atoms with van der Waals surface area (Å²) in [6.07, 6.45) is 1.63. The quantitative estimate of drug-likeness (QED) is 0.279. The summed E-state index contributed by atoms with van der Waals surface area (Å²) >= 11 is 6.06. The molecular formula is C32H37ClF3N7O2. The number of anilines is 2. The number of aromatic nitrogens is 2. The Morgan fingerprint density at radius 3 is 2.62 bits per heavy atom. The maximum Gasteiger partial charge on any atom is 0.419 e. The third kappa shape index (κ3) is 6.70. The highest BCUT2D eigenvalue weighted by atomic mass is 35.5. The van der Waals surface area contributed by atoms with Gasteiger partial charge in [-0.25, -0.2) is 6.57 Å². The highest BCUT2D eigenvalue weighted by Gasteiger charge is 2.45. The normalized spacial score (nSPS) is 21.3. The summed E-state index contributed by atoms with van der Waals surface area (Å²) in [5.41, 5.74) is 0.667. The van der Waals surface area contributed by atoms with E-state index in [1.807, 2.05) is 0 Å². The Bertz CT molecular complexity index is 1490. The molecule has 0 spiro atoms. The molecule has 2 saturated heterocycles. The fraction of sp³-hybridized carbons (Fsp3) is 0.562. The van der Waals surface area contributed by atoms with Gasteiger partial charge in [-0.3, -0.25) is 4.79 Å². The second kappa shape index (κ2) is 12.7. The van der Waals surface area contributed by atoms with Crippen LogP contribution in [-0.4, -0.2) is 90.7 Å². The van der Waals surface area contributed by atoms with Gasteiger partial charge in [0.1, 0.15) is 11.9 Å². The van der Waals surface area contributed by atoms with Gasteiger partial charge in [-0.2, -0.15) is 23.1 Å². The molecule has 0 N–H and O–H groups in total. The molecule has 3 aliphatic heterocycles. The Kier molecular flexibility index (Phi) is 8.85. The van der Waals surface area contributed by atoms with Crippen LogP contribution in [0.4, 0.5) is 24.7 Å². The Hall–Kier alpha value is -3.56. The minimum absolute atomic E-state index is 0.0134. The predicted octanol–water partition coefficient (Wildman–Crippen LogP) is 5.09. The largest absolute Gasteiger partial charge is 0.463 e. The van der Waals surface area contributed by atoms with Gasteiger partial charge in [0.05, 0.1) is 35.1 Å². The van der Waals surface area contributed by atoms with Crippen molar-refractivity contribution in [1.82, 2.24) is 19.8 Å². The first-order chi connectivity index (χ1) is 21.6. The standard InChI is InChI=1S/C32H37ClF3N7O2/c1-3-27(44)43-16-15-42(18-22(43)17-37-2)29-23-9-14-41(26-8-6-7-24(33)28(26)32(34,35)36)19-25(23)38-30(39-29)45-21-31(10-11-31)20-40-12-4-5-13-40/h3,6-8,22H,1,4-5,9-21H2/t22-/m0/s1. The number of benzene rings is 1. The fourth-order valence-electron chi connectivity index (χ4n) is 6.85. The molecule has 1 atom stereocenters. The minimum atomic E-state index is -4.62. The summed E-state index contributed by atoms with van der Waals surface area (Å²) in [5, 5.41) is -0.344. The van der Waals surface area contributed by atoms with Crippen molar-refractivity contribution in [2.45, 2.75) is 50.9 Å². The second-order valence-electron chi connectivity index (χ2n) is 12.5. The molecule has 6 rings (SSSR count). The molecule has 0 unspecified atom stereocenters. The van der Waals surface area contributed by atoms with Crippen LogP contribution in [0.2, 0.25) is 5.02 Å². The maximum absolute atomic E-state index is 14.1. The third-order valence-corrected chi connectivity index (χ3v) is 9.72. The zero-order chi connectivity index (χ0) is 31.8. The van der Waals surface area contributed by atoms with E-state index in [0.717, 1.165) is 38.0 Å². The molecule has 3 fully saturated rings. The van der Waals surface area contributed by atoms with E-state index < -0.39 is 11.7 Å². The van der Waals surface area contributed by atoms with Crippen LogP contribution < -0.4 is 14.5 Å². The van der Waals surface area contributed by atoms with Crippen molar-refractivity contribution in [3.05, 3.63) is 64.1 Å². The van der Waals surface area contributed by atoms with Crippen LogP contribution in [0.5, 0.6) is 6.01 Å². The van der Waals surface area contributed by atoms with Gasteiger partial charge in [-0.1, -0.05) is 24.2 Å². The Morgan fingerprint density at radius 2 is 1.93 bits per heavy atom. The lowest BCUT2D eigenvalue weighted by Gasteiger charge is -2.41. The van der Waals surface area contributed by atoms with Gasteiger partial charge in [-0.15, -0.1) is 0 Å². The summed E-state index contributed by atoms with van der Waals surface area (Å²) in [7, 11) is 0. The van der Waals surface area contributed by atoms with Crippen molar-refractivity contribution < 1.29 is 22.7 Å². The first kappa shape index (κ1) is 31.4. The van der Waals surface area contributed by atoms with Crippen LogP contribution in [0.1, 0.15) is 42.5 Å². The van der Waals surface area contributed by atoms with E-state index in [9.17, 15) is 18.0 Å². The van der Waals surface area contributed by atoms with Gasteiger partial charge in [0.2, 0.25) is 12.5 Å². The average molecular weight is 644 g/mol. The number of halogens is 4. The number of carbonyl (C=O) groups is 1. The number of hydrogen-bond acceptors (Lipinski definition) is 7. The first-order valence-electron chi connectivity index (χ1n) is 15.5. The molecule has 13 heteroatoms. The SMILES string of the molecule is [C-]#[N+]C[C@H]1CN(c2nc(OCC3(CN4CCCC4)CC3)nc3c2CCN(c2cccc(Cl)c2C(F)(F)F)C3)CCN1C(=O)C=C. The lowest BCUT2D eigenvalue weighted by atomic mass is 10.0. The molecule has 240 valence electrons. The molecule has 4 heterocycles. The maximum atomic E-state index is 14.1. The van der Waals surface area contributed by atoms with Crippen LogP contribution in [0, 0.1) is 12.0 Å². The van der Waals surface area contributed by atoms with E-state index in [4.69, 9.17) is 32.9 Å². The van der Waals surface area contributed by atoms with E-state index in [-0.39, 0.29) is 47.2 Å². The highest BCUT2D eigenvalue weighted by Crippen LogP contribution is 2.47. The van der Waals surface area contributed by atoms with E-state index >= 15 is 0 Å². The molecular weight excluding hydrogens is 607 g/mol. The van der Waals surface area contributed by atoms with Gasteiger partial charge in [0.15, 0.2) is 0 Å². The molecule has 1 aromatic heterocycles. The number of nitrogens with zero attached hydrogens (tertiary/aromatic N) is 7. The van der Waals surface area contributed by atoms with Crippen molar-refractivity contribution in [3.63, 3.8) is 0 Å². The zero-order valence-corrected chi connectivity index (χ0v) is 25.9. The number of rotatable bonds is 9. The molecule has 4 aliphatic rings. The average Bonchev–Trinajstić information content (AvgIpc) is 3.59. The van der Waals surface area contributed by atoms with Crippen molar-refractivity contribution in [2.75, 3.05) is 68.8 Å². The topological polar surface area (TPSA) is 69.4 Å². The first-order valence-corrected chi connectivity index (χ1v) is 15.9. The number of fused-ring (bicyclic) bond motifs is 1. The summed E-state index contributed by atoms with van der Waals surface area (Å²) in [5.74, 6) is 0.435.